The van der Waals surface area contributed by atoms with E-state index in [1.54, 1.807) is 23.0 Å². The fourth-order valence-electron chi connectivity index (χ4n) is 2.26. The van der Waals surface area contributed by atoms with Gasteiger partial charge < -0.3 is 10.5 Å². The normalized spacial score (nSPS) is 11.4. The van der Waals surface area contributed by atoms with E-state index in [4.69, 9.17) is 17.3 Å². The van der Waals surface area contributed by atoms with Crippen molar-refractivity contribution in [2.24, 2.45) is 5.73 Å². The molecular weight excluding hydrogens is 434 g/mol. The largest absolute Gasteiger partial charge is 0.487 e. The molecule has 10 heteroatoms. The first-order valence-corrected chi connectivity index (χ1v) is 8.27. The molecule has 26 heavy (non-hydrogen) atoms. The summed E-state index contributed by atoms with van der Waals surface area (Å²) in [6.45, 7) is 0. The molecule has 3 rings (SSSR count). The molecule has 0 aliphatic carbocycles. The molecular formula is C16H10BrClF2N4O2. The summed E-state index contributed by atoms with van der Waals surface area (Å²) in [5.41, 5.74) is 3.53. The molecule has 134 valence electrons. The Balaban J connectivity index is 2.00. The van der Waals surface area contributed by atoms with Crippen LogP contribution in [0.2, 0.25) is 0 Å². The van der Waals surface area contributed by atoms with Gasteiger partial charge in [-0.15, -0.1) is 8.78 Å². The summed E-state index contributed by atoms with van der Waals surface area (Å²) >= 11 is 8.04. The quantitative estimate of drug-likeness (QED) is 0.605. The second-order valence-corrected chi connectivity index (χ2v) is 6.38. The van der Waals surface area contributed by atoms with Gasteiger partial charge in [-0.25, -0.2) is 4.68 Å². The third-order valence-corrected chi connectivity index (χ3v) is 3.78. The number of aromatic nitrogens is 3. The molecule has 0 fully saturated rings. The van der Waals surface area contributed by atoms with E-state index in [0.717, 1.165) is 0 Å². The lowest BCUT2D eigenvalue weighted by Crippen LogP contribution is -2.15. The van der Waals surface area contributed by atoms with Gasteiger partial charge in [0.15, 0.2) is 0 Å². The van der Waals surface area contributed by atoms with Gasteiger partial charge in [-0.1, -0.05) is 0 Å². The molecule has 3 aromatic rings. The van der Waals surface area contributed by atoms with Crippen LogP contribution in [0.1, 0.15) is 10.4 Å². The number of hydrogen-bond acceptors (Lipinski definition) is 4. The zero-order valence-corrected chi connectivity index (χ0v) is 15.2. The van der Waals surface area contributed by atoms with Crippen LogP contribution in [0.25, 0.3) is 16.9 Å². The van der Waals surface area contributed by atoms with E-state index in [1.807, 2.05) is 0 Å². The van der Waals surface area contributed by atoms with Crippen molar-refractivity contribution in [2.75, 3.05) is 0 Å². The van der Waals surface area contributed by atoms with E-state index in [1.165, 1.54) is 30.5 Å². The number of alkyl halides is 3. The molecule has 0 aliphatic rings. The second-order valence-electron chi connectivity index (χ2n) is 5.13. The van der Waals surface area contributed by atoms with Crippen molar-refractivity contribution in [1.29, 1.82) is 0 Å². The molecule has 0 atom stereocenters. The molecule has 2 aromatic heterocycles. The first kappa shape index (κ1) is 18.3. The minimum Gasteiger partial charge on any atom is -0.420 e. The first-order chi connectivity index (χ1) is 12.2. The standard InChI is InChI=1S/C16H10BrClF2N4O2/c17-14-6-13(9-5-10(15(21)25)8-22-7-9)24(23-14)11-1-3-12(4-2-11)26-16(18,19)20/h1-8H,(H2,21,25). The number of ether oxygens (including phenoxy) is 1. The highest BCUT2D eigenvalue weighted by Gasteiger charge is 2.27. The SMILES string of the molecule is NC(=O)c1cncc(-c2cc(Br)nn2-c2ccc(OC(F)(F)Cl)cc2)c1. The minimum atomic E-state index is -3.79. The third-order valence-electron chi connectivity index (χ3n) is 3.31. The van der Waals surface area contributed by atoms with Crippen LogP contribution in [0, 0.1) is 0 Å². The Bertz CT molecular complexity index is 958. The summed E-state index contributed by atoms with van der Waals surface area (Å²) in [6.07, 6.45) is 2.91. The fraction of sp³-hybridized carbons (Fsp3) is 0.0625. The molecule has 0 saturated heterocycles. The summed E-state index contributed by atoms with van der Waals surface area (Å²) in [5, 5.41) is 4.31. The number of pyridine rings is 1. The van der Waals surface area contributed by atoms with E-state index in [9.17, 15) is 13.6 Å². The summed E-state index contributed by atoms with van der Waals surface area (Å²) < 4.78 is 31.8. The van der Waals surface area contributed by atoms with Gasteiger partial charge >= 0.3 is 5.57 Å². The number of benzene rings is 1. The Hall–Kier alpha value is -2.52. The topological polar surface area (TPSA) is 83.0 Å². The molecule has 2 heterocycles. The van der Waals surface area contributed by atoms with Crippen molar-refractivity contribution < 1.29 is 18.3 Å². The van der Waals surface area contributed by atoms with E-state index in [0.29, 0.717) is 21.5 Å². The van der Waals surface area contributed by atoms with Crippen LogP contribution in [0.5, 0.6) is 5.75 Å². The number of primary amides is 1. The first-order valence-electron chi connectivity index (χ1n) is 7.10. The third kappa shape index (κ3) is 4.17. The molecule has 0 saturated carbocycles. The average Bonchev–Trinajstić information content (AvgIpc) is 2.96. The maximum absolute atomic E-state index is 12.7. The number of nitrogens with zero attached hydrogens (tertiary/aromatic N) is 3. The lowest BCUT2D eigenvalue weighted by molar-refractivity contribution is -0.0964. The van der Waals surface area contributed by atoms with Crippen LogP contribution in [-0.4, -0.2) is 26.2 Å². The van der Waals surface area contributed by atoms with Crippen LogP contribution >= 0.6 is 27.5 Å². The summed E-state index contributed by atoms with van der Waals surface area (Å²) in [5.74, 6) is -0.702. The van der Waals surface area contributed by atoms with Gasteiger partial charge in [0.05, 0.1) is 16.9 Å². The van der Waals surface area contributed by atoms with Crippen LogP contribution in [-0.2, 0) is 0 Å². The average molecular weight is 444 g/mol. The van der Waals surface area contributed by atoms with Crippen molar-refractivity contribution in [3.05, 3.63) is 59.0 Å². The van der Waals surface area contributed by atoms with Gasteiger partial charge in [0.2, 0.25) is 5.91 Å². The Labute approximate surface area is 159 Å². The molecule has 0 radical (unpaired) electrons. The Morgan fingerprint density at radius 1 is 1.23 bits per heavy atom. The fourth-order valence-corrected chi connectivity index (χ4v) is 2.72. The van der Waals surface area contributed by atoms with Crippen molar-refractivity contribution in [3.63, 3.8) is 0 Å². The highest BCUT2D eigenvalue weighted by Crippen LogP contribution is 2.29. The van der Waals surface area contributed by atoms with Gasteiger partial charge in [0.1, 0.15) is 10.4 Å². The number of rotatable bonds is 5. The number of amides is 1. The molecule has 0 unspecified atom stereocenters. The predicted octanol–water partition coefficient (Wildman–Crippen LogP) is 3.96. The Morgan fingerprint density at radius 3 is 2.54 bits per heavy atom. The summed E-state index contributed by atoms with van der Waals surface area (Å²) in [7, 11) is 0. The number of nitrogens with two attached hydrogens (primary N) is 1. The van der Waals surface area contributed by atoms with Crippen molar-refractivity contribution in [3.8, 4) is 22.7 Å². The monoisotopic (exact) mass is 442 g/mol. The van der Waals surface area contributed by atoms with E-state index in [2.05, 4.69) is 30.7 Å². The summed E-state index contributed by atoms with van der Waals surface area (Å²) in [6, 6.07) is 9.05. The van der Waals surface area contributed by atoms with Crippen LogP contribution in [0.15, 0.2) is 53.4 Å². The Morgan fingerprint density at radius 2 is 1.92 bits per heavy atom. The maximum Gasteiger partial charge on any atom is 0.487 e. The minimum absolute atomic E-state index is 0.0982. The number of carbonyl (C=O) groups excluding carboxylic acids is 1. The van der Waals surface area contributed by atoms with E-state index >= 15 is 0 Å². The lowest BCUT2D eigenvalue weighted by Gasteiger charge is -2.12. The highest BCUT2D eigenvalue weighted by molar-refractivity contribution is 9.10. The molecule has 1 amide bonds. The van der Waals surface area contributed by atoms with Crippen LogP contribution < -0.4 is 10.5 Å². The van der Waals surface area contributed by atoms with E-state index < -0.39 is 11.5 Å². The molecule has 0 aliphatic heterocycles. The number of hydrogen-bond donors (Lipinski definition) is 1. The zero-order valence-electron chi connectivity index (χ0n) is 12.9. The molecule has 0 bridgehead atoms. The van der Waals surface area contributed by atoms with Gasteiger partial charge in [0, 0.05) is 29.6 Å². The molecule has 6 nitrogen and oxygen atoms in total. The zero-order chi connectivity index (χ0) is 18.9. The van der Waals surface area contributed by atoms with Gasteiger partial charge in [-0.3, -0.25) is 9.78 Å². The lowest BCUT2D eigenvalue weighted by atomic mass is 10.1. The second kappa shape index (κ2) is 7.00. The van der Waals surface area contributed by atoms with E-state index in [-0.39, 0.29) is 11.3 Å². The molecule has 0 spiro atoms. The van der Waals surface area contributed by atoms with Crippen molar-refractivity contribution in [2.45, 2.75) is 5.57 Å². The maximum atomic E-state index is 12.7. The molecule has 1 aromatic carbocycles. The highest BCUT2D eigenvalue weighted by atomic mass is 79.9. The molecule has 2 N–H and O–H groups in total. The smallest absolute Gasteiger partial charge is 0.420 e. The van der Waals surface area contributed by atoms with Gasteiger partial charge in [-0.2, -0.15) is 5.10 Å². The van der Waals surface area contributed by atoms with Crippen LogP contribution in [0.4, 0.5) is 8.78 Å². The number of halogens is 4. The number of carbonyl (C=O) groups is 1. The predicted molar refractivity (Wildman–Crippen MR) is 94.4 cm³/mol. The van der Waals surface area contributed by atoms with Crippen molar-refractivity contribution >= 4 is 33.4 Å². The Kier molecular flexibility index (Phi) is 4.92. The summed E-state index contributed by atoms with van der Waals surface area (Å²) in [4.78, 5) is 15.4. The van der Waals surface area contributed by atoms with Gasteiger partial charge in [0.25, 0.3) is 0 Å². The van der Waals surface area contributed by atoms with Crippen molar-refractivity contribution in [1.82, 2.24) is 14.8 Å². The van der Waals surface area contributed by atoms with Crippen LogP contribution in [0.3, 0.4) is 0 Å². The van der Waals surface area contributed by atoms with Gasteiger partial charge in [-0.05, 0) is 52.3 Å².